The van der Waals surface area contributed by atoms with Gasteiger partial charge in [-0.1, -0.05) is 0 Å². The van der Waals surface area contributed by atoms with E-state index in [1.807, 2.05) is 27.0 Å². The molecule has 0 aromatic carbocycles. The van der Waals surface area contributed by atoms with Crippen LogP contribution in [0.4, 0.5) is 0 Å². The van der Waals surface area contributed by atoms with Crippen LogP contribution < -0.4 is 5.32 Å². The summed E-state index contributed by atoms with van der Waals surface area (Å²) in [6.45, 7) is 6.50. The predicted octanol–water partition coefficient (Wildman–Crippen LogP) is 1.60. The molecule has 2 rings (SSSR count). The Kier molecular flexibility index (Phi) is 4.26. The maximum absolute atomic E-state index is 11.9. The lowest BCUT2D eigenvalue weighted by atomic mass is 10.4. The molecule has 1 amide bonds. The molecule has 0 saturated carbocycles. The van der Waals surface area contributed by atoms with Gasteiger partial charge in [-0.05, 0) is 26.8 Å². The van der Waals surface area contributed by atoms with Crippen LogP contribution in [-0.4, -0.2) is 32.4 Å². The zero-order chi connectivity index (χ0) is 13.8. The summed E-state index contributed by atoms with van der Waals surface area (Å²) in [4.78, 5) is 11.9. The van der Waals surface area contributed by atoms with Gasteiger partial charge >= 0.3 is 0 Å². The second-order valence-electron chi connectivity index (χ2n) is 4.50. The molecule has 1 N–H and O–H groups in total. The summed E-state index contributed by atoms with van der Waals surface area (Å²) >= 11 is 1.55. The fourth-order valence-electron chi connectivity index (χ4n) is 1.56. The number of nitrogens with zero attached hydrogens (tertiary/aromatic N) is 4. The molecule has 0 bridgehead atoms. The minimum Gasteiger partial charge on any atom is -0.350 e. The largest absolute Gasteiger partial charge is 0.350 e. The number of amides is 1. The maximum atomic E-state index is 11.9. The first-order chi connectivity index (χ1) is 9.06. The van der Waals surface area contributed by atoms with Crippen molar-refractivity contribution in [3.63, 3.8) is 0 Å². The van der Waals surface area contributed by atoms with Crippen LogP contribution in [0.5, 0.6) is 0 Å². The zero-order valence-electron chi connectivity index (χ0n) is 11.3. The van der Waals surface area contributed by atoms with E-state index in [2.05, 4.69) is 20.6 Å². The highest BCUT2D eigenvalue weighted by Crippen LogP contribution is 2.08. The van der Waals surface area contributed by atoms with Gasteiger partial charge in [0.15, 0.2) is 0 Å². The molecule has 0 saturated heterocycles. The Hall–Kier alpha value is -1.76. The van der Waals surface area contributed by atoms with Crippen molar-refractivity contribution in [2.45, 2.75) is 33.2 Å². The lowest BCUT2D eigenvalue weighted by Gasteiger charge is -2.04. The van der Waals surface area contributed by atoms with Gasteiger partial charge in [0.05, 0.1) is 0 Å². The Labute approximate surface area is 115 Å². The smallest absolute Gasteiger partial charge is 0.271 e. The van der Waals surface area contributed by atoms with Gasteiger partial charge in [0, 0.05) is 25.2 Å². The Bertz CT molecular complexity index is 560. The summed E-state index contributed by atoms with van der Waals surface area (Å²) < 4.78 is 1.77. The van der Waals surface area contributed by atoms with Gasteiger partial charge in [0.2, 0.25) is 0 Å². The first-order valence-electron chi connectivity index (χ1n) is 6.18. The molecule has 19 heavy (non-hydrogen) atoms. The highest BCUT2D eigenvalue weighted by atomic mass is 32.1. The Morgan fingerprint density at radius 3 is 2.84 bits per heavy atom. The van der Waals surface area contributed by atoms with E-state index in [0.29, 0.717) is 18.7 Å². The third-order valence-corrected chi connectivity index (χ3v) is 3.46. The van der Waals surface area contributed by atoms with E-state index in [1.165, 1.54) is 0 Å². The second-order valence-corrected chi connectivity index (χ2v) is 5.76. The molecule has 0 aliphatic rings. The second kappa shape index (κ2) is 5.92. The number of carbonyl (C=O) groups excluding carboxylic acids is 1. The molecule has 102 valence electrons. The zero-order valence-corrected chi connectivity index (χ0v) is 12.1. The highest BCUT2D eigenvalue weighted by molar-refractivity contribution is 7.11. The van der Waals surface area contributed by atoms with Crippen LogP contribution in [0.3, 0.4) is 0 Å². The minimum atomic E-state index is -0.152. The molecular weight excluding hydrogens is 262 g/mol. The van der Waals surface area contributed by atoms with Crippen LogP contribution in [0.25, 0.3) is 0 Å². The van der Waals surface area contributed by atoms with E-state index in [4.69, 9.17) is 0 Å². The standard InChI is InChI=1S/C12H17N5OS/c1-8(2)17-7-5-10(16-17)12(18)13-6-4-11-15-14-9(3)19-11/h5,7-8H,4,6H2,1-3H3,(H,13,18). The summed E-state index contributed by atoms with van der Waals surface area (Å²) in [6, 6.07) is 1.98. The molecule has 0 unspecified atom stereocenters. The van der Waals surface area contributed by atoms with Crippen LogP contribution in [-0.2, 0) is 6.42 Å². The van der Waals surface area contributed by atoms with E-state index in [0.717, 1.165) is 10.0 Å². The molecule has 2 aromatic rings. The van der Waals surface area contributed by atoms with Crippen molar-refractivity contribution < 1.29 is 4.79 Å². The van der Waals surface area contributed by atoms with E-state index < -0.39 is 0 Å². The van der Waals surface area contributed by atoms with Crippen LogP contribution in [0.2, 0.25) is 0 Å². The number of nitrogens with one attached hydrogen (secondary N) is 1. The first kappa shape index (κ1) is 13.7. The molecular formula is C12H17N5OS. The molecule has 7 heteroatoms. The number of hydrogen-bond acceptors (Lipinski definition) is 5. The third kappa shape index (κ3) is 3.60. The van der Waals surface area contributed by atoms with Gasteiger partial charge in [0.25, 0.3) is 5.91 Å². The number of carbonyl (C=O) groups is 1. The molecule has 0 atom stereocenters. The number of hydrogen-bond donors (Lipinski definition) is 1. The SMILES string of the molecule is Cc1nnc(CCNC(=O)c2ccn(C(C)C)n2)s1. The predicted molar refractivity (Wildman–Crippen MR) is 73.3 cm³/mol. The minimum absolute atomic E-state index is 0.152. The van der Waals surface area contributed by atoms with Crippen LogP contribution in [0.1, 0.15) is 40.4 Å². The van der Waals surface area contributed by atoms with Crippen LogP contribution >= 0.6 is 11.3 Å². The number of rotatable bonds is 5. The quantitative estimate of drug-likeness (QED) is 0.902. The Morgan fingerprint density at radius 1 is 1.47 bits per heavy atom. The van der Waals surface area contributed by atoms with Crippen molar-refractivity contribution in [3.05, 3.63) is 28.0 Å². The monoisotopic (exact) mass is 279 g/mol. The van der Waals surface area contributed by atoms with E-state index in [-0.39, 0.29) is 11.9 Å². The first-order valence-corrected chi connectivity index (χ1v) is 7.00. The summed E-state index contributed by atoms with van der Waals surface area (Å²) in [5.41, 5.74) is 0.446. The summed E-state index contributed by atoms with van der Waals surface area (Å²) in [5, 5.41) is 16.9. The number of aromatic nitrogens is 4. The van der Waals surface area contributed by atoms with E-state index in [9.17, 15) is 4.79 Å². The van der Waals surface area contributed by atoms with Crippen molar-refractivity contribution in [3.8, 4) is 0 Å². The van der Waals surface area contributed by atoms with Crippen LogP contribution in [0, 0.1) is 6.92 Å². The van der Waals surface area contributed by atoms with Gasteiger partial charge in [0.1, 0.15) is 15.7 Å². The molecule has 0 radical (unpaired) electrons. The fraction of sp³-hybridized carbons (Fsp3) is 0.500. The summed E-state index contributed by atoms with van der Waals surface area (Å²) in [6.07, 6.45) is 2.51. The van der Waals surface area contributed by atoms with E-state index in [1.54, 1.807) is 22.1 Å². The third-order valence-electron chi connectivity index (χ3n) is 2.56. The Balaban J connectivity index is 1.83. The summed E-state index contributed by atoms with van der Waals surface area (Å²) in [7, 11) is 0. The Morgan fingerprint density at radius 2 is 2.26 bits per heavy atom. The maximum Gasteiger partial charge on any atom is 0.271 e. The van der Waals surface area contributed by atoms with Gasteiger partial charge in [-0.25, -0.2) is 0 Å². The van der Waals surface area contributed by atoms with Gasteiger partial charge < -0.3 is 5.32 Å². The highest BCUT2D eigenvalue weighted by Gasteiger charge is 2.10. The van der Waals surface area contributed by atoms with Crippen LogP contribution in [0.15, 0.2) is 12.3 Å². The lowest BCUT2D eigenvalue weighted by Crippen LogP contribution is -2.26. The molecule has 0 fully saturated rings. The van der Waals surface area contributed by atoms with Crippen molar-refractivity contribution in [1.82, 2.24) is 25.3 Å². The molecule has 0 spiro atoms. The molecule has 0 aliphatic heterocycles. The van der Waals surface area contributed by atoms with Crippen molar-refractivity contribution in [1.29, 1.82) is 0 Å². The average Bonchev–Trinajstić information content (AvgIpc) is 2.98. The summed E-state index contributed by atoms with van der Waals surface area (Å²) in [5.74, 6) is -0.152. The molecule has 0 aliphatic carbocycles. The van der Waals surface area contributed by atoms with Gasteiger partial charge in [-0.15, -0.1) is 21.5 Å². The van der Waals surface area contributed by atoms with Crippen molar-refractivity contribution >= 4 is 17.2 Å². The lowest BCUT2D eigenvalue weighted by molar-refractivity contribution is 0.0948. The average molecular weight is 279 g/mol. The fourth-order valence-corrected chi connectivity index (χ4v) is 2.27. The normalized spacial score (nSPS) is 10.9. The molecule has 2 aromatic heterocycles. The van der Waals surface area contributed by atoms with Gasteiger partial charge in [-0.2, -0.15) is 5.10 Å². The molecule has 6 nitrogen and oxygen atoms in total. The van der Waals surface area contributed by atoms with Crippen molar-refractivity contribution in [2.75, 3.05) is 6.54 Å². The van der Waals surface area contributed by atoms with E-state index >= 15 is 0 Å². The van der Waals surface area contributed by atoms with Crippen molar-refractivity contribution in [2.24, 2.45) is 0 Å². The van der Waals surface area contributed by atoms with Gasteiger partial charge in [-0.3, -0.25) is 9.48 Å². The molecule has 2 heterocycles. The topological polar surface area (TPSA) is 72.7 Å². The number of aryl methyl sites for hydroxylation is 1.